The van der Waals surface area contributed by atoms with Gasteiger partial charge in [-0.25, -0.2) is 5.43 Å². The maximum Gasteiger partial charge on any atom is 0.250 e. The van der Waals surface area contributed by atoms with Gasteiger partial charge in [-0.1, -0.05) is 110 Å². The predicted molar refractivity (Wildman–Crippen MR) is 133 cm³/mol. The Morgan fingerprint density at radius 2 is 1.77 bits per heavy atom. The molecule has 1 N–H and O–H groups in total. The van der Waals surface area contributed by atoms with Crippen molar-refractivity contribution >= 4 is 58.6 Å². The molecule has 31 heavy (non-hydrogen) atoms. The molecule has 1 aromatic heterocycles. The van der Waals surface area contributed by atoms with Crippen molar-refractivity contribution in [2.45, 2.75) is 40.6 Å². The standard InChI is InChI=1S/C22H23ClN4OS3/c1-22(2,3)17-10-8-15(9-11-17)12-24-25-19(28)14-30-21-27-26-20(31-21)29-13-16-6-4-5-7-18(16)23/h4-12H,13-14H2,1-3H3,(H,25,28)/b24-12-. The average molecular weight is 491 g/mol. The summed E-state index contributed by atoms with van der Waals surface area (Å²) in [7, 11) is 0. The molecule has 0 spiro atoms. The van der Waals surface area contributed by atoms with E-state index < -0.39 is 0 Å². The Morgan fingerprint density at radius 3 is 2.45 bits per heavy atom. The van der Waals surface area contributed by atoms with E-state index in [1.807, 2.05) is 36.4 Å². The van der Waals surface area contributed by atoms with Crippen LogP contribution in [0.25, 0.3) is 0 Å². The van der Waals surface area contributed by atoms with Crippen molar-refractivity contribution in [2.75, 3.05) is 5.75 Å². The summed E-state index contributed by atoms with van der Waals surface area (Å²) < 4.78 is 1.60. The van der Waals surface area contributed by atoms with E-state index in [-0.39, 0.29) is 17.1 Å². The van der Waals surface area contributed by atoms with Crippen molar-refractivity contribution in [3.05, 3.63) is 70.2 Å². The molecule has 3 aromatic rings. The molecule has 0 bridgehead atoms. The van der Waals surface area contributed by atoms with Crippen LogP contribution in [0.4, 0.5) is 0 Å². The summed E-state index contributed by atoms with van der Waals surface area (Å²) in [6, 6.07) is 15.9. The van der Waals surface area contributed by atoms with E-state index in [1.165, 1.54) is 28.7 Å². The Morgan fingerprint density at radius 1 is 1.10 bits per heavy atom. The maximum absolute atomic E-state index is 12.0. The van der Waals surface area contributed by atoms with Crippen LogP contribution in [0.2, 0.25) is 5.02 Å². The topological polar surface area (TPSA) is 67.2 Å². The highest BCUT2D eigenvalue weighted by atomic mass is 35.5. The highest BCUT2D eigenvalue weighted by Crippen LogP contribution is 2.32. The smallest absolute Gasteiger partial charge is 0.250 e. The van der Waals surface area contributed by atoms with E-state index in [9.17, 15) is 4.79 Å². The minimum absolute atomic E-state index is 0.110. The first kappa shape index (κ1) is 23.8. The third kappa shape index (κ3) is 7.64. The fraction of sp³-hybridized carbons (Fsp3) is 0.273. The molecule has 0 radical (unpaired) electrons. The molecule has 0 atom stereocenters. The molecule has 0 unspecified atom stereocenters. The number of halogens is 1. The Kier molecular flexibility index (Phi) is 8.54. The zero-order valence-electron chi connectivity index (χ0n) is 17.5. The summed E-state index contributed by atoms with van der Waals surface area (Å²) in [5.41, 5.74) is 5.91. The zero-order chi connectivity index (χ0) is 22.3. The van der Waals surface area contributed by atoms with E-state index >= 15 is 0 Å². The van der Waals surface area contributed by atoms with E-state index in [0.717, 1.165) is 30.6 Å². The van der Waals surface area contributed by atoms with Crippen LogP contribution in [0.3, 0.4) is 0 Å². The number of nitrogens with one attached hydrogen (secondary N) is 1. The number of thioether (sulfide) groups is 2. The number of benzene rings is 2. The van der Waals surface area contributed by atoms with Crippen LogP contribution in [-0.4, -0.2) is 28.1 Å². The molecule has 0 aliphatic rings. The van der Waals surface area contributed by atoms with Crippen LogP contribution in [0.15, 0.2) is 62.3 Å². The molecule has 0 aliphatic carbocycles. The number of carbonyl (C=O) groups excluding carboxylic acids is 1. The summed E-state index contributed by atoms with van der Waals surface area (Å²) in [5.74, 6) is 0.766. The van der Waals surface area contributed by atoms with E-state index in [0.29, 0.717) is 0 Å². The second-order valence-corrected chi connectivity index (χ2v) is 11.5. The number of rotatable bonds is 8. The fourth-order valence-electron chi connectivity index (χ4n) is 2.48. The van der Waals surface area contributed by atoms with Gasteiger partial charge < -0.3 is 0 Å². The van der Waals surface area contributed by atoms with Gasteiger partial charge in [0.05, 0.1) is 12.0 Å². The lowest BCUT2D eigenvalue weighted by Gasteiger charge is -2.18. The van der Waals surface area contributed by atoms with Gasteiger partial charge in [0.2, 0.25) is 0 Å². The fourth-order valence-corrected chi connectivity index (χ4v) is 5.57. The quantitative estimate of drug-likeness (QED) is 0.237. The van der Waals surface area contributed by atoms with Gasteiger partial charge in [0.15, 0.2) is 8.68 Å². The average Bonchev–Trinajstić information content (AvgIpc) is 3.19. The second kappa shape index (κ2) is 11.1. The van der Waals surface area contributed by atoms with E-state index in [1.54, 1.807) is 18.0 Å². The van der Waals surface area contributed by atoms with Crippen molar-refractivity contribution in [1.82, 2.24) is 15.6 Å². The Hall–Kier alpha value is -1.87. The molecule has 0 saturated heterocycles. The number of hydrogen-bond acceptors (Lipinski definition) is 7. The second-order valence-electron chi connectivity index (χ2n) is 7.67. The van der Waals surface area contributed by atoms with E-state index in [4.69, 9.17) is 11.6 Å². The first-order valence-corrected chi connectivity index (χ1v) is 12.7. The van der Waals surface area contributed by atoms with Gasteiger partial charge in [-0.3, -0.25) is 4.79 Å². The van der Waals surface area contributed by atoms with Crippen molar-refractivity contribution in [3.8, 4) is 0 Å². The third-order valence-electron chi connectivity index (χ3n) is 4.20. The number of carbonyl (C=O) groups is 1. The summed E-state index contributed by atoms with van der Waals surface area (Å²) >= 11 is 10.6. The first-order valence-electron chi connectivity index (χ1n) is 9.56. The maximum atomic E-state index is 12.0. The number of hydrogen-bond donors (Lipinski definition) is 1. The van der Waals surface area contributed by atoms with Crippen molar-refractivity contribution in [3.63, 3.8) is 0 Å². The highest BCUT2D eigenvalue weighted by molar-refractivity contribution is 8.03. The Labute approximate surface area is 200 Å². The monoisotopic (exact) mass is 490 g/mol. The minimum atomic E-state index is -0.187. The van der Waals surface area contributed by atoms with Gasteiger partial charge in [-0.05, 0) is 28.2 Å². The number of aromatic nitrogens is 2. The molecule has 0 aliphatic heterocycles. The van der Waals surface area contributed by atoms with Crippen molar-refractivity contribution in [1.29, 1.82) is 0 Å². The molecule has 9 heteroatoms. The Bertz CT molecular complexity index is 1050. The van der Waals surface area contributed by atoms with Gasteiger partial charge in [-0.2, -0.15) is 5.10 Å². The van der Waals surface area contributed by atoms with Crippen LogP contribution < -0.4 is 5.43 Å². The zero-order valence-corrected chi connectivity index (χ0v) is 20.7. The molecular weight excluding hydrogens is 468 g/mol. The first-order chi connectivity index (χ1) is 14.8. The molecule has 1 heterocycles. The van der Waals surface area contributed by atoms with Crippen LogP contribution in [0.5, 0.6) is 0 Å². The van der Waals surface area contributed by atoms with Crippen molar-refractivity contribution < 1.29 is 4.79 Å². The summed E-state index contributed by atoms with van der Waals surface area (Å²) in [6.07, 6.45) is 1.64. The summed E-state index contributed by atoms with van der Waals surface area (Å²) in [6.45, 7) is 6.52. The van der Waals surface area contributed by atoms with E-state index in [2.05, 4.69) is 53.6 Å². The number of amides is 1. The number of nitrogens with zero attached hydrogens (tertiary/aromatic N) is 3. The molecule has 0 saturated carbocycles. The van der Waals surface area contributed by atoms with Crippen LogP contribution in [-0.2, 0) is 16.0 Å². The molecular formula is C22H23ClN4OS3. The predicted octanol–water partition coefficient (Wildman–Crippen LogP) is 6.02. The normalized spacial score (nSPS) is 11.7. The molecule has 162 valence electrons. The largest absolute Gasteiger partial charge is 0.272 e. The Balaban J connectivity index is 1.42. The number of hydrazone groups is 1. The molecule has 2 aromatic carbocycles. The lowest BCUT2D eigenvalue weighted by atomic mass is 9.87. The lowest BCUT2D eigenvalue weighted by molar-refractivity contribution is -0.118. The third-order valence-corrected chi connectivity index (χ3v) is 7.81. The van der Waals surface area contributed by atoms with Gasteiger partial charge in [0, 0.05) is 10.8 Å². The van der Waals surface area contributed by atoms with Crippen molar-refractivity contribution in [2.24, 2.45) is 5.10 Å². The van der Waals surface area contributed by atoms with Crippen LogP contribution >= 0.6 is 46.5 Å². The SMILES string of the molecule is CC(C)(C)c1ccc(/C=N\NC(=O)CSc2nnc(SCc3ccccc3Cl)s2)cc1. The minimum Gasteiger partial charge on any atom is -0.272 e. The molecule has 0 fully saturated rings. The molecule has 5 nitrogen and oxygen atoms in total. The van der Waals surface area contributed by atoms with Crippen LogP contribution in [0.1, 0.15) is 37.5 Å². The summed E-state index contributed by atoms with van der Waals surface area (Å²) in [5, 5.41) is 13.1. The van der Waals surface area contributed by atoms with Gasteiger partial charge in [0.1, 0.15) is 0 Å². The van der Waals surface area contributed by atoms with Gasteiger partial charge >= 0.3 is 0 Å². The van der Waals surface area contributed by atoms with Gasteiger partial charge in [-0.15, -0.1) is 10.2 Å². The van der Waals surface area contributed by atoms with Crippen LogP contribution in [0, 0.1) is 0 Å². The van der Waals surface area contributed by atoms with Gasteiger partial charge in [0.25, 0.3) is 5.91 Å². The highest BCUT2D eigenvalue weighted by Gasteiger charge is 2.12. The summed E-state index contributed by atoms with van der Waals surface area (Å²) in [4.78, 5) is 12.0. The molecule has 1 amide bonds. The lowest BCUT2D eigenvalue weighted by Crippen LogP contribution is -2.19. The molecule has 3 rings (SSSR count).